The summed E-state index contributed by atoms with van der Waals surface area (Å²) in [6.45, 7) is 42.7. The second-order valence-corrected chi connectivity index (χ2v) is 35.4. The molecule has 10 N–H and O–H groups in total. The molecule has 0 bridgehead atoms. The van der Waals surface area contributed by atoms with Crippen LogP contribution in [0.15, 0.2) is 0 Å². The van der Waals surface area contributed by atoms with Gasteiger partial charge in [0.1, 0.15) is 46.8 Å². The molecule has 0 saturated carbocycles. The first-order chi connectivity index (χ1) is 50.0. The number of hydrogen-bond acceptors (Lipinski definition) is 26. The van der Waals surface area contributed by atoms with Gasteiger partial charge in [-0.3, -0.25) is 9.59 Å². The van der Waals surface area contributed by atoms with Gasteiger partial charge in [0.2, 0.25) is 0 Å². The fraction of sp³-hybridized carbons (Fsp3) is 0.950. The van der Waals surface area contributed by atoms with Crippen LogP contribution in [0.3, 0.4) is 0 Å². The van der Waals surface area contributed by atoms with Gasteiger partial charge in [-0.15, -0.1) is 0 Å². The maximum atomic E-state index is 14.6. The van der Waals surface area contributed by atoms with Crippen molar-refractivity contribution in [2.24, 2.45) is 71.0 Å². The Kier molecular flexibility index (Phi) is 33.3. The highest BCUT2D eigenvalue weighted by Gasteiger charge is 2.58. The Morgan fingerprint density at radius 2 is 0.769 bits per heavy atom. The normalized spacial score (nSPS) is 48.8. The average Bonchev–Trinajstić information content (AvgIpc) is 0.788. The Hall–Kier alpha value is -3.24. The summed E-state index contributed by atoms with van der Waals surface area (Å²) in [5.41, 5.74) is -9.58. The third kappa shape index (κ3) is 22.0. The van der Waals surface area contributed by atoms with E-state index in [1.54, 1.807) is 83.1 Å². The van der Waals surface area contributed by atoms with Crippen molar-refractivity contribution in [3.05, 3.63) is 0 Å². The molecule has 28 heteroatoms. The van der Waals surface area contributed by atoms with E-state index in [4.69, 9.17) is 66.3 Å². The van der Waals surface area contributed by atoms with Gasteiger partial charge in [-0.25, -0.2) is 9.59 Å². The number of cyclic esters (lactones) is 2. The molecule has 6 aliphatic heterocycles. The van der Waals surface area contributed by atoms with E-state index in [9.17, 15) is 60.0 Å². The number of carbonyl (C=O) groups excluding carboxylic acids is 4. The summed E-state index contributed by atoms with van der Waals surface area (Å²) in [6, 6.07) is 0. The highest BCUT2D eigenvalue weighted by molar-refractivity contribution is 5.74. The number of alkyl carbamates (subject to hydrolysis) is 2. The van der Waals surface area contributed by atoms with E-state index in [2.05, 4.69) is 10.6 Å². The third-order valence-corrected chi connectivity index (χ3v) is 26.1. The van der Waals surface area contributed by atoms with Crippen LogP contribution >= 0.6 is 0 Å². The first-order valence-corrected chi connectivity index (χ1v) is 40.2. The molecule has 16 unspecified atom stereocenters. The van der Waals surface area contributed by atoms with Crippen molar-refractivity contribution >= 4 is 24.1 Å². The molecule has 108 heavy (non-hydrogen) atoms. The molecule has 6 heterocycles. The van der Waals surface area contributed by atoms with E-state index in [1.165, 1.54) is 28.1 Å². The minimum absolute atomic E-state index is 0.0202. The lowest BCUT2D eigenvalue weighted by molar-refractivity contribution is -0.318. The Morgan fingerprint density at radius 3 is 1.07 bits per heavy atom. The van der Waals surface area contributed by atoms with Gasteiger partial charge in [0.05, 0.1) is 84.1 Å². The number of carbonyl (C=O) groups is 4. The third-order valence-electron chi connectivity index (χ3n) is 26.1. The Balaban J connectivity index is 1.11. The fourth-order valence-electron chi connectivity index (χ4n) is 18.4. The van der Waals surface area contributed by atoms with Crippen LogP contribution in [0.1, 0.15) is 230 Å². The number of aliphatic hydroxyl groups excluding tert-OH is 4. The van der Waals surface area contributed by atoms with E-state index in [1.807, 2.05) is 69.2 Å². The molecule has 6 aliphatic rings. The molecule has 0 aromatic carbocycles. The van der Waals surface area contributed by atoms with Gasteiger partial charge in [0.15, 0.2) is 37.4 Å². The molecule has 0 spiro atoms. The number of aliphatic hydroxyl groups is 8. The molecule has 6 rings (SSSR count). The quantitative estimate of drug-likeness (QED) is 0.0329. The number of rotatable bonds is 19. The maximum Gasteiger partial charge on any atom is 0.407 e. The zero-order valence-corrected chi connectivity index (χ0v) is 69.9. The topological polar surface area (TPSA) is 383 Å². The van der Waals surface area contributed by atoms with Gasteiger partial charge >= 0.3 is 24.1 Å². The van der Waals surface area contributed by atoms with E-state index in [0.717, 1.165) is 0 Å². The SMILES string of the molecule is CC[C@H]1OC(=O)[C@H](C)[C@@H](OC2CC(C)(OC)C(OC(=O)NCCCCNC(=O)OC3C(C)OC(O[C@H]4[C@H](C)[C@@H](OC5OC(C)CC(C)C5O)[C@](C)(O)C[C@@H](C)[C@H](C)[C@H](C)[C@@H](O)[C@](C)(O)[C@@H](CC)OC(=O)[C@@H]4C)CC3(C)OC)C(C)O2)[C@H](C)[C@@H](OC2OC(C)CC(C)C2O)[C@](C)(O)C[C@@H](C)[C@H](C)[C@H](C)[C@@H](O)[C@]1(C)O. The van der Waals surface area contributed by atoms with Crippen LogP contribution in [0.4, 0.5) is 9.59 Å². The molecule has 0 aliphatic carbocycles. The highest BCUT2D eigenvalue weighted by atomic mass is 16.7. The number of amides is 2. The van der Waals surface area contributed by atoms with Gasteiger partial charge in [0, 0.05) is 52.0 Å². The summed E-state index contributed by atoms with van der Waals surface area (Å²) in [5.74, 6) is -7.97. The number of ether oxygens (including phenoxy) is 14. The van der Waals surface area contributed by atoms with Crippen molar-refractivity contribution in [3.8, 4) is 0 Å². The van der Waals surface area contributed by atoms with Crippen molar-refractivity contribution in [1.29, 1.82) is 0 Å². The molecule has 0 aromatic rings. The van der Waals surface area contributed by atoms with Crippen LogP contribution < -0.4 is 10.6 Å². The Labute approximate surface area is 643 Å². The predicted molar refractivity (Wildman–Crippen MR) is 398 cm³/mol. The van der Waals surface area contributed by atoms with Crippen molar-refractivity contribution in [1.82, 2.24) is 10.6 Å². The van der Waals surface area contributed by atoms with Crippen LogP contribution in [-0.4, -0.2) is 249 Å². The van der Waals surface area contributed by atoms with Crippen LogP contribution in [0.2, 0.25) is 0 Å². The zero-order chi connectivity index (χ0) is 81.6. The van der Waals surface area contributed by atoms with Crippen molar-refractivity contribution in [2.75, 3.05) is 27.3 Å². The van der Waals surface area contributed by atoms with E-state index in [0.29, 0.717) is 25.7 Å². The van der Waals surface area contributed by atoms with Crippen LogP contribution in [0.25, 0.3) is 0 Å². The zero-order valence-electron chi connectivity index (χ0n) is 69.9. The molecule has 0 aromatic heterocycles. The van der Waals surface area contributed by atoms with Crippen LogP contribution in [0, 0.1) is 71.0 Å². The van der Waals surface area contributed by atoms with E-state index < -0.39 is 204 Å². The Morgan fingerprint density at radius 1 is 0.444 bits per heavy atom. The number of hydrogen-bond donors (Lipinski definition) is 10. The van der Waals surface area contributed by atoms with Crippen molar-refractivity contribution in [3.63, 3.8) is 0 Å². The standard InChI is InChI=1S/C80H144N2O26/c1-27-55-79(23,93)63(85)47(11)45(9)41(5)35-75(19,91)65(105-71-59(83)39(3)33-43(7)97-71)49(13)61(51(15)69(87)101-55)103-57-37-77(21,95-25)67(53(17)99-57)107-73(89)81-31-29-30-32-82-74(90)108-68-54(18)100-58(38-78(68,22)96-26)104-62-50(14)66(106-72-60(84)40(4)34-44(8)98-72)76(20,92)36-42(6)46(10)48(12)64(86)80(24,94)56(28-2)102-70(88)52(62)16/h39-68,71-72,83-86,91-94H,27-38H2,1-26H3,(H,81,89)(H,82,90)/t39?,40?,41-,42-,43?,44?,45+,46+,47+,48+,49+,50+,51-,52-,53?,54?,55-,56-,57?,58?,59?,60?,61+,62+,63-,64-,65-,66-,67?,68?,71?,72?,75-,76-,77?,78?,79-,80-/m1/s1. The number of methoxy groups -OCH3 is 2. The first kappa shape index (κ1) is 93.6. The molecule has 38 atom stereocenters. The molecule has 6 fully saturated rings. The molecule has 28 nitrogen and oxygen atoms in total. The molecule has 630 valence electrons. The van der Waals surface area contributed by atoms with E-state index >= 15 is 0 Å². The van der Waals surface area contributed by atoms with Crippen molar-refractivity contribution < 1.29 is 126 Å². The lowest BCUT2D eigenvalue weighted by Gasteiger charge is -2.49. The molecular formula is C80H144N2O26. The van der Waals surface area contributed by atoms with Crippen LogP contribution in [0.5, 0.6) is 0 Å². The maximum absolute atomic E-state index is 14.6. The lowest BCUT2D eigenvalue weighted by Crippen LogP contribution is -2.61. The summed E-state index contributed by atoms with van der Waals surface area (Å²) in [4.78, 5) is 56.6. The molecule has 0 radical (unpaired) electrons. The first-order valence-electron chi connectivity index (χ1n) is 40.2. The number of esters is 2. The summed E-state index contributed by atoms with van der Waals surface area (Å²) in [5, 5.41) is 102. The number of unbranched alkanes of at least 4 members (excludes halogenated alkanes) is 1. The van der Waals surface area contributed by atoms with Gasteiger partial charge in [0.25, 0.3) is 0 Å². The smallest absolute Gasteiger partial charge is 0.407 e. The summed E-state index contributed by atoms with van der Waals surface area (Å²) in [6.07, 6.45) is -19.5. The minimum atomic E-state index is -1.87. The van der Waals surface area contributed by atoms with Gasteiger partial charge in [-0.1, -0.05) is 83.1 Å². The molecule has 6 saturated heterocycles. The summed E-state index contributed by atoms with van der Waals surface area (Å²) in [7, 11) is 2.94. The summed E-state index contributed by atoms with van der Waals surface area (Å²) >= 11 is 0. The number of nitrogens with one attached hydrogen (secondary N) is 2. The van der Waals surface area contributed by atoms with Crippen LogP contribution in [-0.2, 0) is 75.9 Å². The Bertz CT molecular complexity index is 2650. The van der Waals surface area contributed by atoms with Gasteiger partial charge in [-0.05, 0) is 182 Å². The molecular weight excluding hydrogens is 1400 g/mol. The molecule has 2 amide bonds. The van der Waals surface area contributed by atoms with Gasteiger partial charge in [-0.2, -0.15) is 0 Å². The predicted octanol–water partition coefficient (Wildman–Crippen LogP) is 8.38. The van der Waals surface area contributed by atoms with Gasteiger partial charge < -0.3 is 118 Å². The lowest BCUT2D eigenvalue weighted by atomic mass is 9.70. The second kappa shape index (κ2) is 38.5. The van der Waals surface area contributed by atoms with E-state index in [-0.39, 0.29) is 99.3 Å². The minimum Gasteiger partial charge on any atom is -0.459 e. The summed E-state index contributed by atoms with van der Waals surface area (Å²) < 4.78 is 89.6. The monoisotopic (exact) mass is 1550 g/mol. The largest absolute Gasteiger partial charge is 0.459 e. The van der Waals surface area contributed by atoms with Crippen molar-refractivity contribution in [2.45, 2.75) is 387 Å². The fourth-order valence-corrected chi connectivity index (χ4v) is 18.4. The average molecular weight is 1550 g/mol. The highest BCUT2D eigenvalue weighted by Crippen LogP contribution is 2.47. The second-order valence-electron chi connectivity index (χ2n) is 35.4.